The van der Waals surface area contributed by atoms with E-state index in [0.29, 0.717) is 23.0 Å². The lowest BCUT2D eigenvalue weighted by Gasteiger charge is -2.12. The first-order chi connectivity index (χ1) is 14.9. The molecule has 1 unspecified atom stereocenters. The largest absolute Gasteiger partial charge is 0.360 e. The van der Waals surface area contributed by atoms with Crippen LogP contribution in [0.1, 0.15) is 18.7 Å². The van der Waals surface area contributed by atoms with Crippen molar-refractivity contribution in [3.05, 3.63) is 48.7 Å². The Morgan fingerprint density at radius 2 is 1.71 bits per heavy atom. The number of carbonyl (C=O) groups excluding carboxylic acids is 3. The lowest BCUT2D eigenvalue weighted by atomic mass is 10.2. The Morgan fingerprint density at radius 3 is 2.29 bits per heavy atom. The normalized spacial score (nSPS) is 11.5. The third kappa shape index (κ3) is 6.67. The maximum atomic E-state index is 12.2. The Morgan fingerprint density at radius 1 is 1.06 bits per heavy atom. The van der Waals surface area contributed by atoms with E-state index in [4.69, 9.17) is 4.52 Å². The van der Waals surface area contributed by atoms with Gasteiger partial charge in [-0.1, -0.05) is 5.16 Å². The molecule has 0 radical (unpaired) electrons. The molecular weight excluding hydrogens is 422 g/mol. The highest BCUT2D eigenvalue weighted by atomic mass is 32.2. The van der Waals surface area contributed by atoms with Crippen LogP contribution in [0.15, 0.2) is 47.5 Å². The third-order valence-electron chi connectivity index (χ3n) is 4.01. The zero-order chi connectivity index (χ0) is 22.2. The Hall–Kier alpha value is -3.67. The maximum absolute atomic E-state index is 12.2. The zero-order valence-corrected chi connectivity index (χ0v) is 17.7. The predicted molar refractivity (Wildman–Crippen MR) is 116 cm³/mol. The van der Waals surface area contributed by atoms with E-state index in [1.54, 1.807) is 44.2 Å². The standard InChI is InChI=1S/C19H21N7O4S/c1-12-7-16(25-30-12)24-18(28)9-31-8-17(27)22-14-3-5-15(6-4-14)23-19(29)13(2)26-11-20-10-21-26/h3-7,10-11,13H,8-9H2,1-2H3,(H,22,27)(H,23,29)(H,24,25,28). The number of aryl methyl sites for hydroxylation is 1. The molecule has 3 N–H and O–H groups in total. The van der Waals surface area contributed by atoms with Crippen LogP contribution < -0.4 is 16.0 Å². The highest BCUT2D eigenvalue weighted by Gasteiger charge is 2.15. The van der Waals surface area contributed by atoms with Crippen molar-refractivity contribution >= 4 is 46.7 Å². The predicted octanol–water partition coefficient (Wildman–Crippen LogP) is 2.08. The molecule has 0 saturated heterocycles. The first kappa shape index (κ1) is 22.0. The zero-order valence-electron chi connectivity index (χ0n) is 16.9. The van der Waals surface area contributed by atoms with Crippen molar-refractivity contribution in [3.63, 3.8) is 0 Å². The summed E-state index contributed by atoms with van der Waals surface area (Å²) in [4.78, 5) is 40.0. The number of benzene rings is 1. The van der Waals surface area contributed by atoms with Crippen molar-refractivity contribution in [1.82, 2.24) is 19.9 Å². The van der Waals surface area contributed by atoms with Gasteiger partial charge in [0.15, 0.2) is 5.82 Å². The molecule has 0 aliphatic heterocycles. The van der Waals surface area contributed by atoms with Gasteiger partial charge in [0.05, 0.1) is 11.5 Å². The molecule has 0 spiro atoms. The fourth-order valence-corrected chi connectivity index (χ4v) is 3.08. The number of nitrogens with zero attached hydrogens (tertiary/aromatic N) is 4. The summed E-state index contributed by atoms with van der Waals surface area (Å²) in [5, 5.41) is 15.7. The van der Waals surface area contributed by atoms with Gasteiger partial charge in [0.25, 0.3) is 0 Å². The molecule has 0 bridgehead atoms. The van der Waals surface area contributed by atoms with E-state index < -0.39 is 6.04 Å². The van der Waals surface area contributed by atoms with E-state index in [0.717, 1.165) is 0 Å². The van der Waals surface area contributed by atoms with Gasteiger partial charge in [-0.25, -0.2) is 9.67 Å². The van der Waals surface area contributed by atoms with Crippen molar-refractivity contribution in [3.8, 4) is 0 Å². The maximum Gasteiger partial charge on any atom is 0.249 e. The van der Waals surface area contributed by atoms with Crippen molar-refractivity contribution in [2.75, 3.05) is 27.5 Å². The Bertz CT molecular complexity index is 1030. The topological polar surface area (TPSA) is 144 Å². The summed E-state index contributed by atoms with van der Waals surface area (Å²) in [5.41, 5.74) is 1.17. The molecule has 31 heavy (non-hydrogen) atoms. The minimum Gasteiger partial charge on any atom is -0.360 e. The molecule has 12 heteroatoms. The average Bonchev–Trinajstić information content (AvgIpc) is 3.41. The van der Waals surface area contributed by atoms with Gasteiger partial charge in [-0.05, 0) is 38.1 Å². The second kappa shape index (κ2) is 10.4. The molecular formula is C19H21N7O4S. The molecule has 1 atom stereocenters. The number of anilines is 3. The first-order valence-corrected chi connectivity index (χ1v) is 10.4. The molecule has 11 nitrogen and oxygen atoms in total. The second-order valence-corrected chi connectivity index (χ2v) is 7.52. The molecule has 1 aromatic carbocycles. The summed E-state index contributed by atoms with van der Waals surface area (Å²) in [6.45, 7) is 3.44. The van der Waals surface area contributed by atoms with E-state index in [1.807, 2.05) is 0 Å². The minimum atomic E-state index is -0.510. The van der Waals surface area contributed by atoms with Crippen molar-refractivity contribution in [2.24, 2.45) is 0 Å². The van der Waals surface area contributed by atoms with E-state index in [1.165, 1.54) is 29.1 Å². The van der Waals surface area contributed by atoms with Gasteiger partial charge in [0, 0.05) is 17.4 Å². The van der Waals surface area contributed by atoms with Crippen LogP contribution >= 0.6 is 11.8 Å². The smallest absolute Gasteiger partial charge is 0.249 e. The number of aromatic nitrogens is 4. The van der Waals surface area contributed by atoms with Gasteiger partial charge < -0.3 is 20.5 Å². The first-order valence-electron chi connectivity index (χ1n) is 9.26. The van der Waals surface area contributed by atoms with Gasteiger partial charge in [-0.3, -0.25) is 14.4 Å². The molecule has 162 valence electrons. The molecule has 3 rings (SSSR count). The van der Waals surface area contributed by atoms with E-state index in [2.05, 4.69) is 31.2 Å². The summed E-state index contributed by atoms with van der Waals surface area (Å²) < 4.78 is 6.32. The molecule has 2 heterocycles. The van der Waals surface area contributed by atoms with Gasteiger partial charge in [-0.15, -0.1) is 11.8 Å². The minimum absolute atomic E-state index is 0.105. The number of hydrogen-bond acceptors (Lipinski definition) is 8. The number of hydrogen-bond donors (Lipinski definition) is 3. The van der Waals surface area contributed by atoms with E-state index in [-0.39, 0.29) is 29.2 Å². The highest BCUT2D eigenvalue weighted by molar-refractivity contribution is 8.00. The van der Waals surface area contributed by atoms with Crippen LogP contribution in [0.25, 0.3) is 0 Å². The molecule has 0 fully saturated rings. The molecule has 2 aromatic heterocycles. The number of thioether (sulfide) groups is 1. The number of rotatable bonds is 9. The summed E-state index contributed by atoms with van der Waals surface area (Å²) in [7, 11) is 0. The molecule has 0 aliphatic rings. The van der Waals surface area contributed by atoms with Crippen LogP contribution in [0.2, 0.25) is 0 Å². The quantitative estimate of drug-likeness (QED) is 0.456. The van der Waals surface area contributed by atoms with Crippen LogP contribution in [0.4, 0.5) is 17.2 Å². The van der Waals surface area contributed by atoms with Gasteiger partial charge in [0.1, 0.15) is 24.5 Å². The van der Waals surface area contributed by atoms with Gasteiger partial charge >= 0.3 is 0 Å². The van der Waals surface area contributed by atoms with Gasteiger partial charge in [-0.2, -0.15) is 5.10 Å². The van der Waals surface area contributed by atoms with Crippen molar-refractivity contribution in [1.29, 1.82) is 0 Å². The number of carbonyl (C=O) groups is 3. The van der Waals surface area contributed by atoms with Gasteiger partial charge in [0.2, 0.25) is 17.7 Å². The van der Waals surface area contributed by atoms with E-state index in [9.17, 15) is 14.4 Å². The third-order valence-corrected chi connectivity index (χ3v) is 4.94. The molecule has 3 amide bonds. The Balaban J connectivity index is 1.39. The SMILES string of the molecule is Cc1cc(NC(=O)CSCC(=O)Nc2ccc(NC(=O)C(C)n3cncn3)cc2)no1. The fraction of sp³-hybridized carbons (Fsp3) is 0.263. The number of nitrogens with one attached hydrogen (secondary N) is 3. The molecule has 3 aromatic rings. The Labute approximate surface area is 182 Å². The van der Waals surface area contributed by atoms with Crippen molar-refractivity contribution in [2.45, 2.75) is 19.9 Å². The summed E-state index contributed by atoms with van der Waals surface area (Å²) in [6.07, 6.45) is 2.84. The van der Waals surface area contributed by atoms with Crippen LogP contribution in [-0.2, 0) is 14.4 Å². The molecule has 0 saturated carbocycles. The second-order valence-electron chi connectivity index (χ2n) is 6.53. The van der Waals surface area contributed by atoms with Crippen LogP contribution in [0.3, 0.4) is 0 Å². The van der Waals surface area contributed by atoms with Crippen molar-refractivity contribution < 1.29 is 18.9 Å². The fourth-order valence-electron chi connectivity index (χ4n) is 2.46. The average molecular weight is 443 g/mol. The Kier molecular flexibility index (Phi) is 7.38. The number of amides is 3. The monoisotopic (exact) mass is 443 g/mol. The summed E-state index contributed by atoms with van der Waals surface area (Å²) >= 11 is 1.18. The van der Waals surface area contributed by atoms with Crippen LogP contribution in [0, 0.1) is 6.92 Å². The summed E-state index contributed by atoms with van der Waals surface area (Å²) in [5.74, 6) is 0.400. The van der Waals surface area contributed by atoms with Crippen LogP contribution in [0.5, 0.6) is 0 Å². The highest BCUT2D eigenvalue weighted by Crippen LogP contribution is 2.16. The summed E-state index contributed by atoms with van der Waals surface area (Å²) in [6, 6.07) is 7.82. The lowest BCUT2D eigenvalue weighted by molar-refractivity contribution is -0.119. The van der Waals surface area contributed by atoms with E-state index >= 15 is 0 Å². The van der Waals surface area contributed by atoms with Crippen LogP contribution in [-0.4, -0.2) is 49.1 Å². The molecule has 0 aliphatic carbocycles. The lowest BCUT2D eigenvalue weighted by Crippen LogP contribution is -2.24.